The zero-order valence-electron chi connectivity index (χ0n) is 16.8. The first kappa shape index (κ1) is 20.5. The van der Waals surface area contributed by atoms with Crippen molar-refractivity contribution in [2.45, 2.75) is 65.0 Å². The molecule has 0 fully saturated rings. The van der Waals surface area contributed by atoms with Crippen LogP contribution < -0.4 is 5.32 Å². The summed E-state index contributed by atoms with van der Waals surface area (Å²) in [5.74, 6) is 0.917. The Morgan fingerprint density at radius 3 is 2.65 bits per heavy atom. The number of oxime groups is 1. The fraction of sp³-hybridized carbons (Fsp3) is 0.591. The molecule has 0 saturated heterocycles. The smallest absolute Gasteiger partial charge is 0.189 e. The molecule has 1 aliphatic rings. The van der Waals surface area contributed by atoms with Gasteiger partial charge in [0.1, 0.15) is 5.75 Å². The van der Waals surface area contributed by atoms with Gasteiger partial charge in [-0.15, -0.1) is 0 Å². The molecule has 26 heavy (non-hydrogen) atoms. The molecule has 4 heteroatoms. The maximum absolute atomic E-state index is 10.7. The average Bonchev–Trinajstić information content (AvgIpc) is 2.99. The molecule has 2 N–H and O–H groups in total. The third-order valence-electron chi connectivity index (χ3n) is 5.62. The van der Waals surface area contributed by atoms with E-state index >= 15 is 0 Å². The molecule has 4 atom stereocenters. The topological polar surface area (TPSA) is 53.9 Å². The summed E-state index contributed by atoms with van der Waals surface area (Å²) in [6.07, 6.45) is 8.10. The van der Waals surface area contributed by atoms with Crippen molar-refractivity contribution in [1.82, 2.24) is 5.32 Å². The van der Waals surface area contributed by atoms with E-state index in [4.69, 9.17) is 4.84 Å². The van der Waals surface area contributed by atoms with Gasteiger partial charge in [-0.1, -0.05) is 63.0 Å². The molecule has 1 aliphatic heterocycles. The molecule has 0 aromatic heterocycles. The van der Waals surface area contributed by atoms with E-state index in [9.17, 15) is 5.11 Å². The van der Waals surface area contributed by atoms with Crippen LogP contribution in [0.5, 0.6) is 5.75 Å². The molecule has 0 amide bonds. The van der Waals surface area contributed by atoms with Crippen LogP contribution in [0.25, 0.3) is 0 Å². The molecule has 0 spiro atoms. The Bertz CT molecular complexity index is 641. The number of nitrogens with one attached hydrogen (secondary N) is 1. The van der Waals surface area contributed by atoms with Gasteiger partial charge in [0.25, 0.3) is 0 Å². The lowest BCUT2D eigenvalue weighted by molar-refractivity contribution is -0.0850. The third kappa shape index (κ3) is 3.80. The zero-order valence-corrected chi connectivity index (χ0v) is 16.8. The van der Waals surface area contributed by atoms with Crippen LogP contribution in [0.2, 0.25) is 0 Å². The van der Waals surface area contributed by atoms with E-state index in [-0.39, 0.29) is 17.7 Å². The van der Waals surface area contributed by atoms with E-state index in [1.165, 1.54) is 0 Å². The second-order valence-corrected chi connectivity index (χ2v) is 7.35. The minimum atomic E-state index is -0.700. The van der Waals surface area contributed by atoms with Crippen LogP contribution in [0.4, 0.5) is 0 Å². The highest BCUT2D eigenvalue weighted by molar-refractivity contribution is 5.98. The third-order valence-corrected chi connectivity index (χ3v) is 5.62. The van der Waals surface area contributed by atoms with Gasteiger partial charge >= 0.3 is 0 Å². The summed E-state index contributed by atoms with van der Waals surface area (Å²) in [5, 5.41) is 18.7. The Balaban J connectivity index is 2.60. The maximum Gasteiger partial charge on any atom is 0.189 e. The SMILES string of the molecule is C/C=C/C1=NOC(c2ccccc2O)(C(CC(C)CC)NC)C1CCC. The van der Waals surface area contributed by atoms with Gasteiger partial charge in [-0.2, -0.15) is 0 Å². The molecule has 0 bridgehead atoms. The number of rotatable bonds is 9. The summed E-state index contributed by atoms with van der Waals surface area (Å²) in [5.41, 5.74) is 1.08. The first-order valence-electron chi connectivity index (χ1n) is 9.89. The van der Waals surface area contributed by atoms with Crippen LogP contribution in [0, 0.1) is 11.8 Å². The van der Waals surface area contributed by atoms with Crippen LogP contribution in [-0.2, 0) is 10.4 Å². The van der Waals surface area contributed by atoms with Crippen LogP contribution in [0.1, 0.15) is 58.9 Å². The average molecular weight is 359 g/mol. The minimum absolute atomic E-state index is 0.0498. The number of likely N-dealkylation sites (N-methyl/N-ethyl adjacent to an activating group) is 1. The van der Waals surface area contributed by atoms with Gasteiger partial charge < -0.3 is 15.3 Å². The van der Waals surface area contributed by atoms with E-state index in [2.05, 4.69) is 31.2 Å². The van der Waals surface area contributed by atoms with Gasteiger partial charge in [0, 0.05) is 5.56 Å². The highest BCUT2D eigenvalue weighted by Crippen LogP contribution is 2.49. The van der Waals surface area contributed by atoms with Crippen molar-refractivity contribution >= 4 is 5.71 Å². The zero-order chi connectivity index (χ0) is 19.2. The molecule has 0 radical (unpaired) electrons. The minimum Gasteiger partial charge on any atom is -0.508 e. The van der Waals surface area contributed by atoms with E-state index in [1.807, 2.05) is 44.3 Å². The lowest BCUT2D eigenvalue weighted by atomic mass is 9.69. The Kier molecular flexibility index (Phi) is 7.27. The number of para-hydroxylation sites is 1. The molecular formula is C22H34N2O2. The number of phenols is 1. The lowest BCUT2D eigenvalue weighted by Gasteiger charge is -2.41. The van der Waals surface area contributed by atoms with Gasteiger partial charge in [0.2, 0.25) is 0 Å². The molecule has 144 valence electrons. The van der Waals surface area contributed by atoms with E-state index in [1.54, 1.807) is 6.07 Å². The first-order valence-corrected chi connectivity index (χ1v) is 9.89. The molecule has 0 aliphatic carbocycles. The second-order valence-electron chi connectivity index (χ2n) is 7.35. The number of hydrogen-bond acceptors (Lipinski definition) is 4. The van der Waals surface area contributed by atoms with Gasteiger partial charge in [0.15, 0.2) is 5.60 Å². The van der Waals surface area contributed by atoms with Crippen molar-refractivity contribution in [2.24, 2.45) is 17.0 Å². The highest BCUT2D eigenvalue weighted by atomic mass is 16.7. The molecule has 0 saturated carbocycles. The fourth-order valence-corrected chi connectivity index (χ4v) is 4.06. The number of hydrogen-bond donors (Lipinski definition) is 2. The molecule has 4 nitrogen and oxygen atoms in total. The van der Waals surface area contributed by atoms with Crippen LogP contribution in [0.15, 0.2) is 41.6 Å². The fourth-order valence-electron chi connectivity index (χ4n) is 4.06. The van der Waals surface area contributed by atoms with Crippen LogP contribution >= 0.6 is 0 Å². The van der Waals surface area contributed by atoms with E-state index in [0.717, 1.165) is 37.0 Å². The maximum atomic E-state index is 10.7. The summed E-state index contributed by atoms with van der Waals surface area (Å²) >= 11 is 0. The van der Waals surface area contributed by atoms with E-state index < -0.39 is 5.60 Å². The Morgan fingerprint density at radius 2 is 2.08 bits per heavy atom. The Morgan fingerprint density at radius 1 is 1.35 bits per heavy atom. The van der Waals surface area contributed by atoms with Crippen molar-refractivity contribution in [3.63, 3.8) is 0 Å². The molecule has 2 rings (SSSR count). The van der Waals surface area contributed by atoms with Gasteiger partial charge in [-0.05, 0) is 44.9 Å². The molecule has 1 heterocycles. The lowest BCUT2D eigenvalue weighted by Crippen LogP contribution is -2.53. The normalized spacial score (nSPS) is 25.1. The summed E-state index contributed by atoms with van der Waals surface area (Å²) in [4.78, 5) is 6.25. The Hall–Kier alpha value is -1.81. The molecule has 1 aromatic carbocycles. The number of aromatic hydroxyl groups is 1. The highest BCUT2D eigenvalue weighted by Gasteiger charge is 2.55. The predicted molar refractivity (Wildman–Crippen MR) is 108 cm³/mol. The number of allylic oxidation sites excluding steroid dienone is 2. The van der Waals surface area contributed by atoms with Gasteiger partial charge in [0.05, 0.1) is 17.7 Å². The standard InChI is InChI=1S/C22H34N2O2/c1-6-11-17-19(12-7-2)24-26-22(17,18-13-9-10-14-20(18)25)21(23-5)15-16(4)8-3/h7,9-10,12-14,16-17,21,23,25H,6,8,11,15H2,1-5H3/b12-7+. The number of phenolic OH excluding ortho intramolecular Hbond substituents is 1. The Labute approximate surface area is 158 Å². The predicted octanol–water partition coefficient (Wildman–Crippen LogP) is 4.99. The van der Waals surface area contributed by atoms with Crippen molar-refractivity contribution in [1.29, 1.82) is 0 Å². The number of nitrogens with zero attached hydrogens (tertiary/aromatic N) is 1. The first-order chi connectivity index (χ1) is 12.5. The molecule has 4 unspecified atom stereocenters. The van der Waals surface area contributed by atoms with Crippen molar-refractivity contribution < 1.29 is 9.94 Å². The van der Waals surface area contributed by atoms with Gasteiger partial charge in [-0.25, -0.2) is 0 Å². The summed E-state index contributed by atoms with van der Waals surface area (Å²) in [7, 11) is 1.98. The van der Waals surface area contributed by atoms with Crippen LogP contribution in [-0.4, -0.2) is 23.9 Å². The molecule has 1 aromatic rings. The quantitative estimate of drug-likeness (QED) is 0.654. The van der Waals surface area contributed by atoms with Gasteiger partial charge in [-0.3, -0.25) is 0 Å². The van der Waals surface area contributed by atoms with Crippen molar-refractivity contribution in [2.75, 3.05) is 7.05 Å². The molecular weight excluding hydrogens is 324 g/mol. The van der Waals surface area contributed by atoms with Crippen LogP contribution in [0.3, 0.4) is 0 Å². The number of benzene rings is 1. The van der Waals surface area contributed by atoms with E-state index in [0.29, 0.717) is 5.92 Å². The summed E-state index contributed by atoms with van der Waals surface area (Å²) in [6.45, 7) is 8.66. The summed E-state index contributed by atoms with van der Waals surface area (Å²) in [6, 6.07) is 7.59. The summed E-state index contributed by atoms with van der Waals surface area (Å²) < 4.78 is 0. The largest absolute Gasteiger partial charge is 0.508 e. The van der Waals surface area contributed by atoms with Crippen molar-refractivity contribution in [3.8, 4) is 5.75 Å². The second kappa shape index (κ2) is 9.22. The monoisotopic (exact) mass is 358 g/mol. The van der Waals surface area contributed by atoms with Crippen molar-refractivity contribution in [3.05, 3.63) is 42.0 Å².